The Morgan fingerprint density at radius 3 is 2.47 bits per heavy atom. The van der Waals surface area contributed by atoms with Gasteiger partial charge in [-0.25, -0.2) is 0 Å². The second kappa shape index (κ2) is 7.02. The first-order valence-electron chi connectivity index (χ1n) is 5.50. The van der Waals surface area contributed by atoms with Gasteiger partial charge in [-0.3, -0.25) is 0 Å². The number of hydrogen-bond donors (Lipinski definition) is 0. The predicted molar refractivity (Wildman–Crippen MR) is 68.4 cm³/mol. The minimum atomic E-state index is 0.343. The molecule has 0 radical (unpaired) electrons. The zero-order chi connectivity index (χ0) is 11.1. The Kier molecular flexibility index (Phi) is 5.96. The van der Waals surface area contributed by atoms with Gasteiger partial charge in [-0.2, -0.15) is 0 Å². The molecule has 0 spiro atoms. The summed E-state index contributed by atoms with van der Waals surface area (Å²) in [7, 11) is 0. The number of alkyl halides is 1. The summed E-state index contributed by atoms with van der Waals surface area (Å²) in [4.78, 5) is 0.453. The van der Waals surface area contributed by atoms with E-state index in [1.165, 1.54) is 5.56 Å². The quantitative estimate of drug-likeness (QED) is 0.552. The lowest BCUT2D eigenvalue weighted by atomic mass is 10.1. The zero-order valence-electron chi connectivity index (χ0n) is 9.45. The van der Waals surface area contributed by atoms with Gasteiger partial charge in [0, 0.05) is 11.4 Å². The monoisotopic (exact) mass is 270 g/mol. The van der Waals surface area contributed by atoms with E-state index in [-0.39, 0.29) is 0 Å². The van der Waals surface area contributed by atoms with Crippen molar-refractivity contribution in [2.75, 3.05) is 6.61 Å². The van der Waals surface area contributed by atoms with Crippen LogP contribution in [0.15, 0.2) is 30.3 Å². The Bertz CT molecular complexity index is 258. The first-order chi connectivity index (χ1) is 7.20. The normalized spacial score (nSPS) is 13.1. The second-order valence-electron chi connectivity index (χ2n) is 3.94. The first-order valence-corrected chi connectivity index (χ1v) is 6.42. The maximum atomic E-state index is 5.51. The largest absolute Gasteiger partial charge is 0.379 e. The third-order valence-electron chi connectivity index (χ3n) is 2.21. The Morgan fingerprint density at radius 2 is 1.87 bits per heavy atom. The van der Waals surface area contributed by atoms with Gasteiger partial charge in [-0.15, -0.1) is 0 Å². The molecule has 0 fully saturated rings. The molecule has 0 heterocycles. The molecule has 0 bridgehead atoms. The molecule has 1 aromatic rings. The average molecular weight is 271 g/mol. The molecule has 0 aliphatic rings. The smallest absolute Gasteiger partial charge is 0.0518 e. The highest BCUT2D eigenvalue weighted by atomic mass is 79.9. The number of rotatable bonds is 6. The van der Waals surface area contributed by atoms with E-state index in [0.717, 1.165) is 19.4 Å². The summed E-state index contributed by atoms with van der Waals surface area (Å²) in [6, 6.07) is 10.5. The first kappa shape index (κ1) is 12.7. The molecule has 1 nitrogen and oxygen atoms in total. The van der Waals surface area contributed by atoms with E-state index >= 15 is 0 Å². The summed E-state index contributed by atoms with van der Waals surface area (Å²) in [5.41, 5.74) is 1.35. The minimum absolute atomic E-state index is 0.343. The summed E-state index contributed by atoms with van der Waals surface area (Å²) in [6.45, 7) is 5.00. The molecule has 0 saturated heterocycles. The van der Waals surface area contributed by atoms with Crippen molar-refractivity contribution < 1.29 is 4.74 Å². The van der Waals surface area contributed by atoms with Crippen molar-refractivity contribution in [3.8, 4) is 0 Å². The standard InChI is InChI=1S/C13H19BrO/c1-11(2)15-10-6-9-13(14)12-7-4-3-5-8-12/h3-5,7-8,11,13H,6,9-10H2,1-2H3. The van der Waals surface area contributed by atoms with Crippen LogP contribution in [0.25, 0.3) is 0 Å². The molecule has 2 heteroatoms. The van der Waals surface area contributed by atoms with E-state index < -0.39 is 0 Å². The molecule has 0 aliphatic heterocycles. The highest BCUT2D eigenvalue weighted by Crippen LogP contribution is 2.27. The van der Waals surface area contributed by atoms with E-state index in [4.69, 9.17) is 4.74 Å². The molecule has 0 aromatic heterocycles. The molecule has 15 heavy (non-hydrogen) atoms. The van der Waals surface area contributed by atoms with Crippen molar-refractivity contribution in [1.82, 2.24) is 0 Å². The van der Waals surface area contributed by atoms with Gasteiger partial charge in [0.2, 0.25) is 0 Å². The number of benzene rings is 1. The fraction of sp³-hybridized carbons (Fsp3) is 0.538. The maximum Gasteiger partial charge on any atom is 0.0518 e. The average Bonchev–Trinajstić information content (AvgIpc) is 2.25. The Labute approximate surface area is 101 Å². The number of halogens is 1. The van der Waals surface area contributed by atoms with Crippen LogP contribution in [0, 0.1) is 0 Å². The van der Waals surface area contributed by atoms with E-state index in [0.29, 0.717) is 10.9 Å². The summed E-state index contributed by atoms with van der Waals surface area (Å²) in [6.07, 6.45) is 2.57. The van der Waals surface area contributed by atoms with E-state index in [1.54, 1.807) is 0 Å². The lowest BCUT2D eigenvalue weighted by molar-refractivity contribution is 0.0760. The third-order valence-corrected chi connectivity index (χ3v) is 3.20. The highest BCUT2D eigenvalue weighted by Gasteiger charge is 2.06. The van der Waals surface area contributed by atoms with Crippen molar-refractivity contribution in [3.63, 3.8) is 0 Å². The fourth-order valence-corrected chi connectivity index (χ4v) is 2.04. The molecule has 0 N–H and O–H groups in total. The summed E-state index contributed by atoms with van der Waals surface area (Å²) in [5.74, 6) is 0. The van der Waals surface area contributed by atoms with Crippen molar-refractivity contribution in [2.24, 2.45) is 0 Å². The molecule has 0 aliphatic carbocycles. The van der Waals surface area contributed by atoms with Crippen molar-refractivity contribution in [3.05, 3.63) is 35.9 Å². The molecule has 1 atom stereocenters. The number of ether oxygens (including phenoxy) is 1. The summed E-state index contributed by atoms with van der Waals surface area (Å²) in [5, 5.41) is 0. The topological polar surface area (TPSA) is 9.23 Å². The SMILES string of the molecule is CC(C)OCCCC(Br)c1ccccc1. The molecule has 0 saturated carbocycles. The third kappa shape index (κ3) is 5.33. The van der Waals surface area contributed by atoms with Gasteiger partial charge in [0.25, 0.3) is 0 Å². The fourth-order valence-electron chi connectivity index (χ4n) is 1.41. The van der Waals surface area contributed by atoms with Crippen LogP contribution in [0.3, 0.4) is 0 Å². The van der Waals surface area contributed by atoms with Crippen LogP contribution in [-0.2, 0) is 4.74 Å². The van der Waals surface area contributed by atoms with Crippen molar-refractivity contribution in [1.29, 1.82) is 0 Å². The van der Waals surface area contributed by atoms with Gasteiger partial charge >= 0.3 is 0 Å². The predicted octanol–water partition coefficient (Wildman–Crippen LogP) is 4.33. The van der Waals surface area contributed by atoms with E-state index in [9.17, 15) is 0 Å². The van der Waals surface area contributed by atoms with Gasteiger partial charge in [0.05, 0.1) is 6.10 Å². The molecule has 1 rings (SSSR count). The van der Waals surface area contributed by atoms with Gasteiger partial charge in [0.15, 0.2) is 0 Å². The van der Waals surface area contributed by atoms with Crippen LogP contribution in [0.4, 0.5) is 0 Å². The van der Waals surface area contributed by atoms with Crippen molar-refractivity contribution >= 4 is 15.9 Å². The molecule has 0 amide bonds. The minimum Gasteiger partial charge on any atom is -0.379 e. The molecular weight excluding hydrogens is 252 g/mol. The Hall–Kier alpha value is -0.340. The van der Waals surface area contributed by atoms with Gasteiger partial charge in [-0.05, 0) is 32.3 Å². The molecule has 1 unspecified atom stereocenters. The highest BCUT2D eigenvalue weighted by molar-refractivity contribution is 9.09. The van der Waals surface area contributed by atoms with Gasteiger partial charge in [-0.1, -0.05) is 46.3 Å². The van der Waals surface area contributed by atoms with Gasteiger partial charge < -0.3 is 4.74 Å². The maximum absolute atomic E-state index is 5.51. The van der Waals surface area contributed by atoms with Gasteiger partial charge in [0.1, 0.15) is 0 Å². The summed E-state index contributed by atoms with van der Waals surface area (Å²) >= 11 is 3.70. The molecular formula is C13H19BrO. The molecule has 1 aromatic carbocycles. The summed E-state index contributed by atoms with van der Waals surface area (Å²) < 4.78 is 5.51. The Balaban J connectivity index is 2.22. The lowest BCUT2D eigenvalue weighted by Crippen LogP contribution is -2.04. The van der Waals surface area contributed by atoms with Crippen LogP contribution < -0.4 is 0 Å². The van der Waals surface area contributed by atoms with E-state index in [2.05, 4.69) is 54.0 Å². The van der Waals surface area contributed by atoms with Crippen LogP contribution in [0.5, 0.6) is 0 Å². The van der Waals surface area contributed by atoms with Crippen LogP contribution in [-0.4, -0.2) is 12.7 Å². The Morgan fingerprint density at radius 1 is 1.20 bits per heavy atom. The molecule has 84 valence electrons. The second-order valence-corrected chi connectivity index (χ2v) is 5.05. The van der Waals surface area contributed by atoms with Crippen LogP contribution in [0.2, 0.25) is 0 Å². The zero-order valence-corrected chi connectivity index (χ0v) is 11.0. The lowest BCUT2D eigenvalue weighted by Gasteiger charge is -2.11. The van der Waals surface area contributed by atoms with Crippen LogP contribution in [0.1, 0.15) is 37.1 Å². The van der Waals surface area contributed by atoms with Crippen LogP contribution >= 0.6 is 15.9 Å². The number of hydrogen-bond acceptors (Lipinski definition) is 1. The van der Waals surface area contributed by atoms with Crippen molar-refractivity contribution in [2.45, 2.75) is 37.6 Å². The van der Waals surface area contributed by atoms with E-state index in [1.807, 2.05) is 6.07 Å².